The van der Waals surface area contributed by atoms with Gasteiger partial charge in [0.05, 0.1) is 11.4 Å². The van der Waals surface area contributed by atoms with Crippen molar-refractivity contribution in [3.05, 3.63) is 71.4 Å². The molecule has 0 aliphatic rings. The number of aromatic nitrogens is 4. The fourth-order valence-electron chi connectivity index (χ4n) is 2.98. The topological polar surface area (TPSA) is 81.9 Å². The molecule has 170 valence electrons. The van der Waals surface area contributed by atoms with E-state index in [2.05, 4.69) is 20.5 Å². The average molecular weight is 488 g/mol. The molecule has 2 heterocycles. The summed E-state index contributed by atoms with van der Waals surface area (Å²) in [5, 5.41) is 13.9. The number of anilines is 1. The van der Waals surface area contributed by atoms with Crippen LogP contribution in [0.15, 0.2) is 59.1 Å². The summed E-state index contributed by atoms with van der Waals surface area (Å²) >= 11 is 2.55. The van der Waals surface area contributed by atoms with Crippen LogP contribution in [0.4, 0.5) is 13.9 Å². The number of benzene rings is 2. The van der Waals surface area contributed by atoms with Crippen LogP contribution in [0.2, 0.25) is 0 Å². The Bertz CT molecular complexity index is 1260. The summed E-state index contributed by atoms with van der Waals surface area (Å²) in [6, 6.07) is 12.8. The van der Waals surface area contributed by atoms with Crippen LogP contribution in [0.5, 0.6) is 5.75 Å². The Labute approximate surface area is 196 Å². The lowest BCUT2D eigenvalue weighted by atomic mass is 10.2. The van der Waals surface area contributed by atoms with E-state index in [1.165, 1.54) is 29.2 Å². The van der Waals surface area contributed by atoms with Crippen molar-refractivity contribution in [1.29, 1.82) is 0 Å². The molecule has 2 aromatic heterocycles. The van der Waals surface area contributed by atoms with Gasteiger partial charge in [-0.1, -0.05) is 42.1 Å². The second-order valence-corrected chi connectivity index (χ2v) is 8.78. The maximum absolute atomic E-state index is 13.9. The number of rotatable bonds is 8. The SMILES string of the molecule is CC(Oc1ccc(F)cc1F)c1nnc(SCC(=O)Nc2nc(-c3ccccc3)cs2)n1C. The van der Waals surface area contributed by atoms with Gasteiger partial charge in [0.1, 0.15) is 5.82 Å². The Morgan fingerprint density at radius 2 is 2.00 bits per heavy atom. The second kappa shape index (κ2) is 10.1. The van der Waals surface area contributed by atoms with E-state index in [-0.39, 0.29) is 17.4 Å². The molecule has 33 heavy (non-hydrogen) atoms. The van der Waals surface area contributed by atoms with E-state index in [4.69, 9.17) is 4.74 Å². The predicted octanol–water partition coefficient (Wildman–Crippen LogP) is 5.09. The van der Waals surface area contributed by atoms with Crippen molar-refractivity contribution in [1.82, 2.24) is 19.7 Å². The lowest BCUT2D eigenvalue weighted by Crippen LogP contribution is -2.14. The lowest BCUT2D eigenvalue weighted by Gasteiger charge is -2.14. The molecule has 0 bridgehead atoms. The second-order valence-electron chi connectivity index (χ2n) is 6.98. The normalized spacial score (nSPS) is 11.9. The zero-order valence-electron chi connectivity index (χ0n) is 17.7. The highest BCUT2D eigenvalue weighted by molar-refractivity contribution is 7.99. The molecule has 0 spiro atoms. The van der Waals surface area contributed by atoms with Crippen molar-refractivity contribution in [3.8, 4) is 17.0 Å². The van der Waals surface area contributed by atoms with Crippen LogP contribution in [0, 0.1) is 11.6 Å². The lowest BCUT2D eigenvalue weighted by molar-refractivity contribution is -0.113. The summed E-state index contributed by atoms with van der Waals surface area (Å²) in [7, 11) is 1.73. The van der Waals surface area contributed by atoms with Gasteiger partial charge in [0, 0.05) is 24.1 Å². The molecule has 1 amide bonds. The summed E-state index contributed by atoms with van der Waals surface area (Å²) < 4.78 is 34.2. The molecular formula is C22H19F2N5O2S2. The van der Waals surface area contributed by atoms with Gasteiger partial charge in [-0.25, -0.2) is 13.8 Å². The Morgan fingerprint density at radius 3 is 2.76 bits per heavy atom. The minimum atomic E-state index is -0.798. The van der Waals surface area contributed by atoms with E-state index in [1.807, 2.05) is 35.7 Å². The first-order valence-corrected chi connectivity index (χ1v) is 11.7. The molecule has 0 aliphatic heterocycles. The zero-order valence-corrected chi connectivity index (χ0v) is 19.3. The number of nitrogens with one attached hydrogen (secondary N) is 1. The quantitative estimate of drug-likeness (QED) is 0.349. The number of nitrogens with zero attached hydrogens (tertiary/aromatic N) is 4. The first-order valence-electron chi connectivity index (χ1n) is 9.85. The molecule has 0 aliphatic carbocycles. The first kappa shape index (κ1) is 22.9. The molecule has 4 rings (SSSR count). The third kappa shape index (κ3) is 5.55. The molecule has 11 heteroatoms. The average Bonchev–Trinajstić information content (AvgIpc) is 3.41. The zero-order chi connectivity index (χ0) is 23.4. The van der Waals surface area contributed by atoms with Crippen LogP contribution in [-0.2, 0) is 11.8 Å². The van der Waals surface area contributed by atoms with Crippen molar-refractivity contribution in [2.24, 2.45) is 7.05 Å². The fraction of sp³-hybridized carbons (Fsp3) is 0.182. The van der Waals surface area contributed by atoms with Crippen molar-refractivity contribution in [2.45, 2.75) is 18.2 Å². The number of halogens is 2. The van der Waals surface area contributed by atoms with Gasteiger partial charge in [0.2, 0.25) is 5.91 Å². The van der Waals surface area contributed by atoms with Gasteiger partial charge in [-0.05, 0) is 19.1 Å². The van der Waals surface area contributed by atoms with Gasteiger partial charge in [0.25, 0.3) is 0 Å². The molecule has 0 fully saturated rings. The largest absolute Gasteiger partial charge is 0.480 e. The van der Waals surface area contributed by atoms with Crippen LogP contribution in [0.3, 0.4) is 0 Å². The molecule has 4 aromatic rings. The summed E-state index contributed by atoms with van der Waals surface area (Å²) in [4.78, 5) is 16.8. The van der Waals surface area contributed by atoms with Gasteiger partial charge in [-0.15, -0.1) is 21.5 Å². The highest BCUT2D eigenvalue weighted by Crippen LogP contribution is 2.27. The standard InChI is InChI=1S/C22H19F2N5O2S2/c1-13(31-18-9-8-15(23)10-16(18)24)20-27-28-22(29(20)2)33-12-19(30)26-21-25-17(11-32-21)14-6-4-3-5-7-14/h3-11,13H,12H2,1-2H3,(H,25,26,30). The third-order valence-corrected chi connectivity index (χ3v) is 6.36. The van der Waals surface area contributed by atoms with Gasteiger partial charge >= 0.3 is 0 Å². The number of thioether (sulfide) groups is 1. The number of amides is 1. The predicted molar refractivity (Wildman–Crippen MR) is 123 cm³/mol. The summed E-state index contributed by atoms with van der Waals surface area (Å²) in [5.74, 6) is -1.25. The third-order valence-electron chi connectivity index (χ3n) is 4.58. The molecule has 1 N–H and O–H groups in total. The molecule has 0 saturated heterocycles. The van der Waals surface area contributed by atoms with Crippen LogP contribution in [-0.4, -0.2) is 31.4 Å². The Kier molecular flexibility index (Phi) is 6.99. The van der Waals surface area contributed by atoms with Crippen LogP contribution in [0.25, 0.3) is 11.3 Å². The van der Waals surface area contributed by atoms with Crippen molar-refractivity contribution >= 4 is 34.1 Å². The Balaban J connectivity index is 1.33. The number of ether oxygens (including phenoxy) is 1. The Morgan fingerprint density at radius 1 is 1.21 bits per heavy atom. The summed E-state index contributed by atoms with van der Waals surface area (Å²) in [6.07, 6.45) is -0.641. The van der Waals surface area contributed by atoms with Gasteiger partial charge in [-0.2, -0.15) is 0 Å². The van der Waals surface area contributed by atoms with Crippen LogP contribution >= 0.6 is 23.1 Å². The molecule has 2 aromatic carbocycles. The van der Waals surface area contributed by atoms with Crippen molar-refractivity contribution in [3.63, 3.8) is 0 Å². The smallest absolute Gasteiger partial charge is 0.236 e. The minimum absolute atomic E-state index is 0.0844. The maximum Gasteiger partial charge on any atom is 0.236 e. The summed E-state index contributed by atoms with van der Waals surface area (Å²) in [5.41, 5.74) is 1.78. The van der Waals surface area contributed by atoms with Crippen LogP contribution < -0.4 is 10.1 Å². The van der Waals surface area contributed by atoms with E-state index in [9.17, 15) is 13.6 Å². The molecule has 1 atom stereocenters. The monoisotopic (exact) mass is 487 g/mol. The highest BCUT2D eigenvalue weighted by Gasteiger charge is 2.20. The van der Waals surface area contributed by atoms with Crippen molar-refractivity contribution in [2.75, 3.05) is 11.1 Å². The summed E-state index contributed by atoms with van der Waals surface area (Å²) in [6.45, 7) is 1.68. The first-order chi connectivity index (χ1) is 15.9. The molecule has 1 unspecified atom stereocenters. The minimum Gasteiger partial charge on any atom is -0.480 e. The van der Waals surface area contributed by atoms with Gasteiger partial charge < -0.3 is 14.6 Å². The van der Waals surface area contributed by atoms with E-state index < -0.39 is 17.7 Å². The fourth-order valence-corrected chi connectivity index (χ4v) is 4.43. The number of hydrogen-bond donors (Lipinski definition) is 1. The number of hydrogen-bond acceptors (Lipinski definition) is 7. The number of carbonyl (C=O) groups is 1. The molecular weight excluding hydrogens is 468 g/mol. The van der Waals surface area contributed by atoms with E-state index in [1.54, 1.807) is 18.5 Å². The molecule has 0 radical (unpaired) electrons. The highest BCUT2D eigenvalue weighted by atomic mass is 32.2. The number of thiazole rings is 1. The van der Waals surface area contributed by atoms with E-state index in [0.717, 1.165) is 23.4 Å². The van der Waals surface area contributed by atoms with E-state index in [0.29, 0.717) is 16.1 Å². The van der Waals surface area contributed by atoms with Gasteiger partial charge in [-0.3, -0.25) is 4.79 Å². The van der Waals surface area contributed by atoms with Gasteiger partial charge in [0.15, 0.2) is 33.8 Å². The molecule has 7 nitrogen and oxygen atoms in total. The van der Waals surface area contributed by atoms with Crippen LogP contribution in [0.1, 0.15) is 18.9 Å². The Hall–Kier alpha value is -3.31. The molecule has 0 saturated carbocycles. The van der Waals surface area contributed by atoms with E-state index >= 15 is 0 Å². The maximum atomic E-state index is 13.9. The number of carbonyl (C=O) groups excluding carboxylic acids is 1. The van der Waals surface area contributed by atoms with Crippen molar-refractivity contribution < 1.29 is 18.3 Å².